The Bertz CT molecular complexity index is 463. The van der Waals surface area contributed by atoms with E-state index in [1.807, 2.05) is 63.2 Å². The fourth-order valence-corrected chi connectivity index (χ4v) is 2.92. The van der Waals surface area contributed by atoms with Gasteiger partial charge in [0.15, 0.2) is 0 Å². The van der Waals surface area contributed by atoms with Gasteiger partial charge >= 0.3 is 0 Å². The number of hydrogen-bond donors (Lipinski definition) is 1. The molecule has 0 unspecified atom stereocenters. The van der Waals surface area contributed by atoms with E-state index in [0.29, 0.717) is 0 Å². The maximum absolute atomic E-state index is 11.6. The van der Waals surface area contributed by atoms with Gasteiger partial charge in [0.25, 0.3) is 6.04 Å². The van der Waals surface area contributed by atoms with Crippen LogP contribution in [-0.4, -0.2) is 28.6 Å². The third-order valence-corrected chi connectivity index (χ3v) is 4.32. The number of hydrogen-bond acceptors (Lipinski definition) is 4. The fraction of sp³-hybridized carbons (Fsp3) is 0.571. The van der Waals surface area contributed by atoms with Gasteiger partial charge in [0.2, 0.25) is 0 Å². The Kier molecular flexibility index (Phi) is 3.60. The van der Waals surface area contributed by atoms with Crippen LogP contribution in [0, 0.1) is 16.0 Å². The van der Waals surface area contributed by atoms with Crippen molar-refractivity contribution in [3.8, 4) is 0 Å². The zero-order chi connectivity index (χ0) is 14.2. The minimum atomic E-state index is -0.667. The molecule has 19 heavy (non-hydrogen) atoms. The highest BCUT2D eigenvalue weighted by atomic mass is 16.6. The standard InChI is InChI=1S/C14H21N3O2/c1-10(2)14(3)13(17(18)19)12(16(4)15-14)11-8-6-5-7-9-11/h5-10,12-13,15H,1-4H3/t12-,13-,14-/m1/s1. The van der Waals surface area contributed by atoms with E-state index in [9.17, 15) is 10.1 Å². The molecule has 0 saturated carbocycles. The average molecular weight is 263 g/mol. The largest absolute Gasteiger partial charge is 0.264 e. The summed E-state index contributed by atoms with van der Waals surface area (Å²) < 4.78 is 0. The van der Waals surface area contributed by atoms with E-state index in [2.05, 4.69) is 5.43 Å². The van der Waals surface area contributed by atoms with Gasteiger partial charge in [0, 0.05) is 12.0 Å². The van der Waals surface area contributed by atoms with Crippen LogP contribution in [-0.2, 0) is 0 Å². The summed E-state index contributed by atoms with van der Waals surface area (Å²) in [4.78, 5) is 11.4. The molecule has 104 valence electrons. The Morgan fingerprint density at radius 1 is 1.37 bits per heavy atom. The molecular formula is C14H21N3O2. The highest BCUT2D eigenvalue weighted by Gasteiger charge is 2.58. The zero-order valence-corrected chi connectivity index (χ0v) is 11.8. The molecule has 2 rings (SSSR count). The second-order valence-corrected chi connectivity index (χ2v) is 5.75. The van der Waals surface area contributed by atoms with Crippen molar-refractivity contribution < 1.29 is 4.92 Å². The predicted octanol–water partition coefficient (Wildman–Crippen LogP) is 2.24. The number of rotatable bonds is 3. The maximum atomic E-state index is 11.6. The lowest BCUT2D eigenvalue weighted by atomic mass is 9.79. The topological polar surface area (TPSA) is 58.4 Å². The first-order valence-electron chi connectivity index (χ1n) is 6.57. The molecule has 1 aromatic carbocycles. The number of nitrogens with one attached hydrogen (secondary N) is 1. The molecule has 0 spiro atoms. The molecule has 5 nitrogen and oxygen atoms in total. The van der Waals surface area contributed by atoms with Crippen molar-refractivity contribution in [3.63, 3.8) is 0 Å². The van der Waals surface area contributed by atoms with Crippen molar-refractivity contribution in [1.29, 1.82) is 0 Å². The predicted molar refractivity (Wildman–Crippen MR) is 74.1 cm³/mol. The van der Waals surface area contributed by atoms with Gasteiger partial charge in [0.05, 0.1) is 0 Å². The van der Waals surface area contributed by atoms with Crippen LogP contribution < -0.4 is 5.43 Å². The van der Waals surface area contributed by atoms with Crippen LogP contribution in [0.5, 0.6) is 0 Å². The van der Waals surface area contributed by atoms with Crippen LogP contribution in [0.4, 0.5) is 0 Å². The average Bonchev–Trinajstić information content (AvgIpc) is 2.63. The molecule has 1 aliphatic heterocycles. The molecule has 0 bridgehead atoms. The number of benzene rings is 1. The number of hydrazine groups is 1. The quantitative estimate of drug-likeness (QED) is 0.671. The Morgan fingerprint density at radius 3 is 2.42 bits per heavy atom. The molecule has 1 heterocycles. The van der Waals surface area contributed by atoms with E-state index < -0.39 is 11.6 Å². The molecule has 0 aliphatic carbocycles. The van der Waals surface area contributed by atoms with Crippen molar-refractivity contribution in [2.24, 2.45) is 5.92 Å². The van der Waals surface area contributed by atoms with Gasteiger partial charge < -0.3 is 0 Å². The smallest absolute Gasteiger partial charge is 0.252 e. The minimum Gasteiger partial charge on any atom is -0.264 e. The number of likely N-dealkylation sites (N-methyl/N-ethyl adjacent to an activating group) is 1. The summed E-state index contributed by atoms with van der Waals surface area (Å²) in [7, 11) is 1.88. The van der Waals surface area contributed by atoms with Crippen molar-refractivity contribution in [1.82, 2.24) is 10.4 Å². The number of nitro groups is 1. The third-order valence-electron chi connectivity index (χ3n) is 4.32. The first-order valence-corrected chi connectivity index (χ1v) is 6.57. The Labute approximate surface area is 113 Å². The SMILES string of the molecule is CC(C)[C@@]1(C)NN(C)[C@H](c2ccccc2)[C@H]1[N+](=O)[O-]. The van der Waals surface area contributed by atoms with Gasteiger partial charge in [-0.05, 0) is 18.4 Å². The first kappa shape index (κ1) is 14.0. The molecule has 1 aliphatic rings. The van der Waals surface area contributed by atoms with Crippen LogP contribution in [0.3, 0.4) is 0 Å². The second kappa shape index (κ2) is 4.90. The van der Waals surface area contributed by atoms with Crippen LogP contribution in [0.2, 0.25) is 0 Å². The molecule has 0 amide bonds. The zero-order valence-electron chi connectivity index (χ0n) is 11.8. The van der Waals surface area contributed by atoms with Crippen LogP contribution >= 0.6 is 0 Å². The van der Waals surface area contributed by atoms with Crippen molar-refractivity contribution in [3.05, 3.63) is 46.0 Å². The Morgan fingerprint density at radius 2 is 1.95 bits per heavy atom. The Balaban J connectivity index is 2.46. The van der Waals surface area contributed by atoms with E-state index in [4.69, 9.17) is 0 Å². The van der Waals surface area contributed by atoms with Crippen molar-refractivity contribution >= 4 is 0 Å². The van der Waals surface area contributed by atoms with Gasteiger partial charge in [-0.2, -0.15) is 0 Å². The lowest BCUT2D eigenvalue weighted by Gasteiger charge is -2.30. The second-order valence-electron chi connectivity index (χ2n) is 5.75. The highest BCUT2D eigenvalue weighted by molar-refractivity contribution is 5.24. The van der Waals surface area contributed by atoms with Gasteiger partial charge in [-0.15, -0.1) is 0 Å². The molecule has 0 radical (unpaired) electrons. The molecule has 1 aromatic rings. The molecule has 1 saturated heterocycles. The molecular weight excluding hydrogens is 242 g/mol. The summed E-state index contributed by atoms with van der Waals surface area (Å²) in [6.45, 7) is 5.97. The van der Waals surface area contributed by atoms with Gasteiger partial charge in [-0.1, -0.05) is 44.2 Å². The van der Waals surface area contributed by atoms with Gasteiger partial charge in [-0.25, -0.2) is 10.4 Å². The van der Waals surface area contributed by atoms with E-state index in [-0.39, 0.29) is 16.9 Å². The van der Waals surface area contributed by atoms with Crippen LogP contribution in [0.1, 0.15) is 32.4 Å². The van der Waals surface area contributed by atoms with Gasteiger partial charge in [-0.3, -0.25) is 10.1 Å². The van der Waals surface area contributed by atoms with Gasteiger partial charge in [0.1, 0.15) is 11.6 Å². The van der Waals surface area contributed by atoms with Crippen LogP contribution in [0.25, 0.3) is 0 Å². The molecule has 1 fully saturated rings. The molecule has 1 N–H and O–H groups in total. The minimum absolute atomic E-state index is 0.145. The fourth-order valence-electron chi connectivity index (χ4n) is 2.92. The first-order chi connectivity index (χ1) is 8.88. The maximum Gasteiger partial charge on any atom is 0.252 e. The summed E-state index contributed by atoms with van der Waals surface area (Å²) in [6.07, 6.45) is 0. The van der Waals surface area contributed by atoms with E-state index in [0.717, 1.165) is 5.56 Å². The lowest BCUT2D eigenvalue weighted by Crippen LogP contribution is -2.53. The highest BCUT2D eigenvalue weighted by Crippen LogP contribution is 2.40. The summed E-state index contributed by atoms with van der Waals surface area (Å²) in [6, 6.07) is 8.76. The lowest BCUT2D eigenvalue weighted by molar-refractivity contribution is -0.536. The third kappa shape index (κ3) is 2.24. The van der Waals surface area contributed by atoms with Crippen molar-refractivity contribution in [2.75, 3.05) is 7.05 Å². The molecule has 5 heteroatoms. The van der Waals surface area contributed by atoms with E-state index in [1.165, 1.54) is 0 Å². The molecule has 0 aromatic heterocycles. The van der Waals surface area contributed by atoms with E-state index in [1.54, 1.807) is 0 Å². The normalized spacial score (nSPS) is 31.8. The van der Waals surface area contributed by atoms with Crippen molar-refractivity contribution in [2.45, 2.75) is 38.4 Å². The van der Waals surface area contributed by atoms with E-state index >= 15 is 0 Å². The molecule has 3 atom stereocenters. The Hall–Kier alpha value is -1.46. The monoisotopic (exact) mass is 263 g/mol. The van der Waals surface area contributed by atoms with Crippen LogP contribution in [0.15, 0.2) is 30.3 Å². The summed E-state index contributed by atoms with van der Waals surface area (Å²) >= 11 is 0. The number of nitrogens with zero attached hydrogens (tertiary/aromatic N) is 2. The summed E-state index contributed by atoms with van der Waals surface area (Å²) in [5.74, 6) is 0.166. The summed E-state index contributed by atoms with van der Waals surface area (Å²) in [5, 5.41) is 13.5. The summed E-state index contributed by atoms with van der Waals surface area (Å²) in [5.41, 5.74) is 3.73.